The van der Waals surface area contributed by atoms with Crippen LogP contribution in [0.25, 0.3) is 11.4 Å². The number of rotatable bonds is 9. The van der Waals surface area contributed by atoms with E-state index in [1.165, 1.54) is 24.6 Å². The summed E-state index contributed by atoms with van der Waals surface area (Å²) < 4.78 is 8.01. The Bertz CT molecular complexity index is 1080. The van der Waals surface area contributed by atoms with Gasteiger partial charge in [-0.05, 0) is 68.1 Å². The van der Waals surface area contributed by atoms with E-state index in [1.54, 1.807) is 30.3 Å². The number of halogens is 1. The van der Waals surface area contributed by atoms with E-state index in [0.29, 0.717) is 28.5 Å². The van der Waals surface area contributed by atoms with Crippen molar-refractivity contribution in [1.82, 2.24) is 14.8 Å². The molecule has 2 aromatic carbocycles. The lowest BCUT2D eigenvalue weighted by molar-refractivity contribution is -0.113. The van der Waals surface area contributed by atoms with Crippen molar-refractivity contribution in [2.75, 3.05) is 11.1 Å². The number of allylic oxidation sites excluding steroid dienone is 1. The number of hydrogen-bond acceptors (Lipinski definition) is 5. The van der Waals surface area contributed by atoms with Gasteiger partial charge in [-0.1, -0.05) is 35.5 Å². The standard InChI is InChI=1S/C24H25ClN4O2S/c1-2-14-29-23(17-10-12-21(13-11-17)31-20-8-3-4-9-20)27-28-24(29)32-16-22(30)26-19-7-5-6-18(25)15-19/h2,5-7,10-13,15,20H,1,3-4,8-9,14,16H2,(H,26,30). The van der Waals surface area contributed by atoms with Crippen LogP contribution in [0.3, 0.4) is 0 Å². The van der Waals surface area contributed by atoms with Crippen LogP contribution < -0.4 is 10.1 Å². The summed E-state index contributed by atoms with van der Waals surface area (Å²) >= 11 is 7.30. The minimum absolute atomic E-state index is 0.139. The number of nitrogens with zero attached hydrogens (tertiary/aromatic N) is 3. The lowest BCUT2D eigenvalue weighted by Crippen LogP contribution is -2.14. The molecule has 0 saturated heterocycles. The van der Waals surface area contributed by atoms with E-state index in [4.69, 9.17) is 16.3 Å². The highest BCUT2D eigenvalue weighted by Crippen LogP contribution is 2.28. The summed E-state index contributed by atoms with van der Waals surface area (Å²) in [4.78, 5) is 12.4. The summed E-state index contributed by atoms with van der Waals surface area (Å²) in [5.41, 5.74) is 1.60. The topological polar surface area (TPSA) is 69.0 Å². The van der Waals surface area contributed by atoms with Crippen LogP contribution in [0.1, 0.15) is 25.7 Å². The van der Waals surface area contributed by atoms with E-state index >= 15 is 0 Å². The van der Waals surface area contributed by atoms with E-state index in [2.05, 4.69) is 22.1 Å². The summed E-state index contributed by atoms with van der Waals surface area (Å²) in [5, 5.41) is 12.7. The van der Waals surface area contributed by atoms with Crippen LogP contribution in [0.4, 0.5) is 5.69 Å². The number of carbonyl (C=O) groups excluding carboxylic acids is 1. The van der Waals surface area contributed by atoms with E-state index in [1.807, 2.05) is 28.8 Å². The summed E-state index contributed by atoms with van der Waals surface area (Å²) in [5.74, 6) is 1.67. The Morgan fingerprint density at radius 3 is 2.72 bits per heavy atom. The van der Waals surface area contributed by atoms with Gasteiger partial charge in [0.05, 0.1) is 11.9 Å². The molecule has 0 radical (unpaired) electrons. The average Bonchev–Trinajstić information content (AvgIpc) is 3.43. The number of thioether (sulfide) groups is 1. The normalized spacial score (nSPS) is 13.8. The fourth-order valence-electron chi connectivity index (χ4n) is 3.68. The van der Waals surface area contributed by atoms with Gasteiger partial charge in [-0.2, -0.15) is 0 Å². The number of carbonyl (C=O) groups is 1. The quantitative estimate of drug-likeness (QED) is 0.315. The average molecular weight is 469 g/mol. The Morgan fingerprint density at radius 1 is 1.22 bits per heavy atom. The van der Waals surface area contributed by atoms with Gasteiger partial charge in [0, 0.05) is 22.8 Å². The lowest BCUT2D eigenvalue weighted by atomic mass is 10.2. The zero-order valence-electron chi connectivity index (χ0n) is 17.7. The summed E-state index contributed by atoms with van der Waals surface area (Å²) in [6.45, 7) is 4.39. The predicted molar refractivity (Wildman–Crippen MR) is 129 cm³/mol. The first kappa shape index (κ1) is 22.4. The Hall–Kier alpha value is -2.77. The van der Waals surface area contributed by atoms with Gasteiger partial charge in [0.25, 0.3) is 0 Å². The Labute approximate surface area is 197 Å². The van der Waals surface area contributed by atoms with E-state index in [9.17, 15) is 4.79 Å². The van der Waals surface area contributed by atoms with Gasteiger partial charge >= 0.3 is 0 Å². The molecule has 0 atom stereocenters. The SMILES string of the molecule is C=CCn1c(SCC(=O)Nc2cccc(Cl)c2)nnc1-c1ccc(OC2CCCC2)cc1. The second kappa shape index (κ2) is 10.7. The van der Waals surface area contributed by atoms with Gasteiger partial charge in [0.1, 0.15) is 5.75 Å². The van der Waals surface area contributed by atoms with Crippen molar-refractivity contribution in [1.29, 1.82) is 0 Å². The maximum atomic E-state index is 12.4. The highest BCUT2D eigenvalue weighted by Gasteiger charge is 2.18. The maximum absolute atomic E-state index is 12.4. The molecule has 6 nitrogen and oxygen atoms in total. The van der Waals surface area contributed by atoms with Crippen LogP contribution in [0.5, 0.6) is 5.75 Å². The van der Waals surface area contributed by atoms with Crippen molar-refractivity contribution >= 4 is 35.0 Å². The van der Waals surface area contributed by atoms with Gasteiger partial charge in [0.15, 0.2) is 11.0 Å². The first-order chi connectivity index (χ1) is 15.6. The molecule has 1 N–H and O–H groups in total. The van der Waals surface area contributed by atoms with E-state index in [-0.39, 0.29) is 11.7 Å². The third-order valence-corrected chi connectivity index (χ3v) is 6.39. The summed E-state index contributed by atoms with van der Waals surface area (Å²) in [6.07, 6.45) is 6.85. The van der Waals surface area contributed by atoms with Crippen molar-refractivity contribution in [3.8, 4) is 17.1 Å². The molecule has 1 fully saturated rings. The first-order valence-electron chi connectivity index (χ1n) is 10.6. The van der Waals surface area contributed by atoms with Crippen molar-refractivity contribution in [2.45, 2.75) is 43.5 Å². The van der Waals surface area contributed by atoms with Crippen LogP contribution >= 0.6 is 23.4 Å². The molecule has 1 heterocycles. The molecule has 4 rings (SSSR count). The summed E-state index contributed by atoms with van der Waals surface area (Å²) in [6, 6.07) is 15.0. The molecule has 1 amide bonds. The van der Waals surface area contributed by atoms with Gasteiger partial charge in [-0.3, -0.25) is 9.36 Å². The molecule has 0 unspecified atom stereocenters. The maximum Gasteiger partial charge on any atom is 0.234 e. The van der Waals surface area contributed by atoms with E-state index in [0.717, 1.165) is 30.0 Å². The second-order valence-corrected chi connectivity index (χ2v) is 8.98. The van der Waals surface area contributed by atoms with Crippen LogP contribution in [0.15, 0.2) is 66.3 Å². The first-order valence-corrected chi connectivity index (χ1v) is 12.0. The number of ether oxygens (including phenoxy) is 1. The van der Waals surface area contributed by atoms with Crippen molar-refractivity contribution in [3.63, 3.8) is 0 Å². The number of hydrogen-bond donors (Lipinski definition) is 1. The zero-order chi connectivity index (χ0) is 22.3. The molecule has 3 aromatic rings. The molecule has 1 aliphatic rings. The fraction of sp³-hybridized carbons (Fsp3) is 0.292. The third-order valence-electron chi connectivity index (χ3n) is 5.19. The summed E-state index contributed by atoms with van der Waals surface area (Å²) in [7, 11) is 0. The highest BCUT2D eigenvalue weighted by molar-refractivity contribution is 7.99. The smallest absolute Gasteiger partial charge is 0.234 e. The van der Waals surface area contributed by atoms with Crippen molar-refractivity contribution in [3.05, 3.63) is 66.2 Å². The molecule has 8 heteroatoms. The molecule has 0 aliphatic heterocycles. The third kappa shape index (κ3) is 5.72. The fourth-order valence-corrected chi connectivity index (χ4v) is 4.62. The Balaban J connectivity index is 1.42. The number of aromatic nitrogens is 3. The highest BCUT2D eigenvalue weighted by atomic mass is 35.5. The van der Waals surface area contributed by atoms with Gasteiger partial charge in [-0.15, -0.1) is 16.8 Å². The molecule has 1 aromatic heterocycles. The van der Waals surface area contributed by atoms with Gasteiger partial charge < -0.3 is 10.1 Å². The lowest BCUT2D eigenvalue weighted by Gasteiger charge is -2.13. The van der Waals surface area contributed by atoms with E-state index < -0.39 is 0 Å². The molecule has 1 saturated carbocycles. The molecular formula is C24H25ClN4O2S. The Kier molecular flexibility index (Phi) is 7.50. The molecule has 0 bridgehead atoms. The number of anilines is 1. The molecule has 0 spiro atoms. The molecule has 166 valence electrons. The molecule has 32 heavy (non-hydrogen) atoms. The minimum Gasteiger partial charge on any atom is -0.490 e. The van der Waals surface area contributed by atoms with Crippen LogP contribution in [-0.2, 0) is 11.3 Å². The zero-order valence-corrected chi connectivity index (χ0v) is 19.2. The van der Waals surface area contributed by atoms with Crippen LogP contribution in [0.2, 0.25) is 5.02 Å². The van der Waals surface area contributed by atoms with Crippen LogP contribution in [0, 0.1) is 0 Å². The second-order valence-electron chi connectivity index (χ2n) is 7.60. The number of nitrogens with one attached hydrogen (secondary N) is 1. The number of benzene rings is 2. The minimum atomic E-state index is -0.139. The van der Waals surface area contributed by atoms with Gasteiger partial charge in [0.2, 0.25) is 5.91 Å². The monoisotopic (exact) mass is 468 g/mol. The predicted octanol–water partition coefficient (Wildman–Crippen LogP) is 5.84. The van der Waals surface area contributed by atoms with Gasteiger partial charge in [-0.25, -0.2) is 0 Å². The molecular weight excluding hydrogens is 444 g/mol. The van der Waals surface area contributed by atoms with Crippen LogP contribution in [-0.4, -0.2) is 32.5 Å². The molecule has 1 aliphatic carbocycles. The Morgan fingerprint density at radius 2 is 2.00 bits per heavy atom. The van der Waals surface area contributed by atoms with Crippen molar-refractivity contribution < 1.29 is 9.53 Å². The largest absolute Gasteiger partial charge is 0.490 e. The number of amides is 1. The van der Waals surface area contributed by atoms with Crippen molar-refractivity contribution in [2.24, 2.45) is 0 Å².